The van der Waals surface area contributed by atoms with E-state index in [1.807, 2.05) is 24.0 Å². The molecule has 0 aromatic heterocycles. The van der Waals surface area contributed by atoms with Crippen molar-refractivity contribution in [3.05, 3.63) is 29.8 Å². The average molecular weight is 381 g/mol. The third kappa shape index (κ3) is 4.62. The average Bonchev–Trinajstić information content (AvgIpc) is 2.92. The lowest BCUT2D eigenvalue weighted by Crippen LogP contribution is -2.51. The van der Waals surface area contributed by atoms with Crippen LogP contribution in [0.15, 0.2) is 29.2 Å². The van der Waals surface area contributed by atoms with Gasteiger partial charge in [-0.1, -0.05) is 17.7 Å². The highest BCUT2D eigenvalue weighted by Gasteiger charge is 2.29. The number of carbonyl (C=O) groups excluding carboxylic acids is 1. The van der Waals surface area contributed by atoms with Gasteiger partial charge in [0.05, 0.1) is 11.4 Å². The molecule has 0 bridgehead atoms. The molecule has 2 fully saturated rings. The van der Waals surface area contributed by atoms with Crippen LogP contribution in [-0.4, -0.2) is 87.3 Å². The van der Waals surface area contributed by atoms with E-state index in [1.165, 1.54) is 4.31 Å². The zero-order chi connectivity index (χ0) is 18.6. The SMILES string of the molecule is Cc1ccc(S(=O)(=O)N2CCN(CC(=O)N3CCCNCC3)CC2)cc1. The molecule has 0 spiro atoms. The third-order valence-corrected chi connectivity index (χ3v) is 6.95. The highest BCUT2D eigenvalue weighted by Crippen LogP contribution is 2.18. The van der Waals surface area contributed by atoms with Crippen LogP contribution >= 0.6 is 0 Å². The van der Waals surface area contributed by atoms with Crippen molar-refractivity contribution in [1.29, 1.82) is 0 Å². The summed E-state index contributed by atoms with van der Waals surface area (Å²) in [4.78, 5) is 16.8. The number of benzene rings is 1. The summed E-state index contributed by atoms with van der Waals surface area (Å²) in [5, 5.41) is 3.30. The first-order valence-electron chi connectivity index (χ1n) is 9.24. The Bertz CT molecular complexity index is 704. The lowest BCUT2D eigenvalue weighted by molar-refractivity contribution is -0.132. The van der Waals surface area contributed by atoms with Gasteiger partial charge >= 0.3 is 0 Å². The summed E-state index contributed by atoms with van der Waals surface area (Å²) in [5.41, 5.74) is 1.04. The number of carbonyl (C=O) groups is 1. The maximum absolute atomic E-state index is 12.7. The minimum atomic E-state index is -3.45. The molecule has 0 saturated carbocycles. The van der Waals surface area contributed by atoms with E-state index in [1.54, 1.807) is 12.1 Å². The molecule has 1 amide bonds. The largest absolute Gasteiger partial charge is 0.340 e. The van der Waals surface area contributed by atoms with E-state index in [2.05, 4.69) is 10.2 Å². The van der Waals surface area contributed by atoms with Gasteiger partial charge in [-0.2, -0.15) is 4.31 Å². The summed E-state index contributed by atoms with van der Waals surface area (Å²) in [7, 11) is -3.45. The topological polar surface area (TPSA) is 73.0 Å². The molecule has 2 saturated heterocycles. The summed E-state index contributed by atoms with van der Waals surface area (Å²) >= 11 is 0. The van der Waals surface area contributed by atoms with Crippen molar-refractivity contribution in [3.63, 3.8) is 0 Å². The molecule has 2 aliphatic heterocycles. The van der Waals surface area contributed by atoms with E-state index in [0.717, 1.165) is 38.2 Å². The number of amides is 1. The number of sulfonamides is 1. The Morgan fingerprint density at radius 3 is 2.38 bits per heavy atom. The molecule has 1 aromatic rings. The lowest BCUT2D eigenvalue weighted by Gasteiger charge is -2.34. The fourth-order valence-electron chi connectivity index (χ4n) is 3.37. The minimum absolute atomic E-state index is 0.142. The molecule has 0 atom stereocenters. The van der Waals surface area contributed by atoms with Crippen LogP contribution in [0.5, 0.6) is 0 Å². The van der Waals surface area contributed by atoms with Crippen LogP contribution in [0.25, 0.3) is 0 Å². The number of hydrogen-bond acceptors (Lipinski definition) is 5. The molecule has 2 aliphatic rings. The number of aryl methyl sites for hydroxylation is 1. The molecular weight excluding hydrogens is 352 g/mol. The zero-order valence-electron chi connectivity index (χ0n) is 15.4. The molecule has 8 heteroatoms. The van der Waals surface area contributed by atoms with E-state index in [-0.39, 0.29) is 5.91 Å². The van der Waals surface area contributed by atoms with Gasteiger partial charge in [-0.25, -0.2) is 8.42 Å². The van der Waals surface area contributed by atoms with Crippen molar-refractivity contribution in [2.24, 2.45) is 0 Å². The van der Waals surface area contributed by atoms with Gasteiger partial charge in [0.2, 0.25) is 15.9 Å². The van der Waals surface area contributed by atoms with Crippen molar-refractivity contribution in [1.82, 2.24) is 19.4 Å². The Morgan fingerprint density at radius 1 is 1.00 bits per heavy atom. The van der Waals surface area contributed by atoms with Crippen LogP contribution in [0.4, 0.5) is 0 Å². The van der Waals surface area contributed by atoms with E-state index in [9.17, 15) is 13.2 Å². The van der Waals surface area contributed by atoms with Crippen molar-refractivity contribution >= 4 is 15.9 Å². The van der Waals surface area contributed by atoms with Crippen LogP contribution in [-0.2, 0) is 14.8 Å². The van der Waals surface area contributed by atoms with Crippen molar-refractivity contribution in [3.8, 4) is 0 Å². The van der Waals surface area contributed by atoms with Gasteiger partial charge in [0, 0.05) is 45.8 Å². The molecule has 2 heterocycles. The zero-order valence-corrected chi connectivity index (χ0v) is 16.2. The van der Waals surface area contributed by atoms with Gasteiger partial charge < -0.3 is 10.2 Å². The fraction of sp³-hybridized carbons (Fsp3) is 0.611. The van der Waals surface area contributed by atoms with Crippen LogP contribution in [0.1, 0.15) is 12.0 Å². The van der Waals surface area contributed by atoms with E-state index in [0.29, 0.717) is 37.6 Å². The molecule has 144 valence electrons. The standard InChI is InChI=1S/C18H28N4O3S/c1-16-3-5-17(6-4-16)26(24,25)22-13-11-20(12-14-22)15-18(23)21-9-2-7-19-8-10-21/h3-6,19H,2,7-15H2,1H3. The molecule has 3 rings (SSSR count). The monoisotopic (exact) mass is 380 g/mol. The number of nitrogens with one attached hydrogen (secondary N) is 1. The van der Waals surface area contributed by atoms with E-state index in [4.69, 9.17) is 0 Å². The van der Waals surface area contributed by atoms with E-state index >= 15 is 0 Å². The molecular formula is C18H28N4O3S. The highest BCUT2D eigenvalue weighted by atomic mass is 32.2. The number of rotatable bonds is 4. The normalized spacial score (nSPS) is 20.7. The lowest BCUT2D eigenvalue weighted by atomic mass is 10.2. The van der Waals surface area contributed by atoms with Crippen LogP contribution in [0, 0.1) is 6.92 Å². The summed E-state index contributed by atoms with van der Waals surface area (Å²) in [6, 6.07) is 6.96. The van der Waals surface area contributed by atoms with E-state index < -0.39 is 10.0 Å². The first kappa shape index (κ1) is 19.3. The molecule has 1 aromatic carbocycles. The summed E-state index contributed by atoms with van der Waals surface area (Å²) in [6.45, 7) is 7.68. The minimum Gasteiger partial charge on any atom is -0.340 e. The van der Waals surface area contributed by atoms with Gasteiger partial charge in [0.1, 0.15) is 0 Å². The van der Waals surface area contributed by atoms with Gasteiger partial charge in [-0.3, -0.25) is 9.69 Å². The first-order valence-corrected chi connectivity index (χ1v) is 10.7. The fourth-order valence-corrected chi connectivity index (χ4v) is 4.80. The van der Waals surface area contributed by atoms with Crippen LogP contribution < -0.4 is 5.32 Å². The van der Waals surface area contributed by atoms with Crippen molar-refractivity contribution in [2.75, 3.05) is 58.9 Å². The Labute approximate surface area is 156 Å². The van der Waals surface area contributed by atoms with Crippen molar-refractivity contribution < 1.29 is 13.2 Å². The maximum Gasteiger partial charge on any atom is 0.243 e. The first-order chi connectivity index (χ1) is 12.5. The second kappa shape index (κ2) is 8.47. The molecule has 0 unspecified atom stereocenters. The molecule has 7 nitrogen and oxygen atoms in total. The number of hydrogen-bond donors (Lipinski definition) is 1. The van der Waals surface area contributed by atoms with Gasteiger partial charge in [-0.15, -0.1) is 0 Å². The predicted octanol–water partition coefficient (Wildman–Crippen LogP) is 0.123. The second-order valence-electron chi connectivity index (χ2n) is 6.98. The molecule has 0 radical (unpaired) electrons. The molecule has 26 heavy (non-hydrogen) atoms. The Balaban J connectivity index is 1.53. The third-order valence-electron chi connectivity index (χ3n) is 5.04. The van der Waals surface area contributed by atoms with Crippen LogP contribution in [0.3, 0.4) is 0 Å². The highest BCUT2D eigenvalue weighted by molar-refractivity contribution is 7.89. The quantitative estimate of drug-likeness (QED) is 0.804. The van der Waals surface area contributed by atoms with Crippen molar-refractivity contribution in [2.45, 2.75) is 18.2 Å². The summed E-state index contributed by atoms with van der Waals surface area (Å²) < 4.78 is 27.0. The maximum atomic E-state index is 12.7. The second-order valence-corrected chi connectivity index (χ2v) is 8.92. The van der Waals surface area contributed by atoms with Gasteiger partial charge in [0.15, 0.2) is 0 Å². The smallest absolute Gasteiger partial charge is 0.243 e. The molecule has 1 N–H and O–H groups in total. The predicted molar refractivity (Wildman–Crippen MR) is 100 cm³/mol. The van der Waals surface area contributed by atoms with Gasteiger partial charge in [-0.05, 0) is 32.0 Å². The summed E-state index contributed by atoms with van der Waals surface area (Å²) in [6.07, 6.45) is 0.980. The summed E-state index contributed by atoms with van der Waals surface area (Å²) in [5.74, 6) is 0.142. The Hall–Kier alpha value is -1.48. The Morgan fingerprint density at radius 2 is 1.69 bits per heavy atom. The number of piperazine rings is 1. The van der Waals surface area contributed by atoms with Crippen LogP contribution in [0.2, 0.25) is 0 Å². The molecule has 0 aliphatic carbocycles. The van der Waals surface area contributed by atoms with Gasteiger partial charge in [0.25, 0.3) is 0 Å². The Kier molecular flexibility index (Phi) is 6.29. The number of nitrogens with zero attached hydrogens (tertiary/aromatic N) is 3.